The molecule has 148 valence electrons. The lowest BCUT2D eigenvalue weighted by Crippen LogP contribution is -2.37. The second kappa shape index (κ2) is 8.00. The van der Waals surface area contributed by atoms with Crippen molar-refractivity contribution in [1.82, 2.24) is 15.6 Å². The number of carbonyl (C=O) groups excluding carboxylic acids is 3. The molecule has 4 rings (SSSR count). The first-order valence-electron chi connectivity index (χ1n) is 9.33. The molecular formula is C21H20N4O3S. The highest BCUT2D eigenvalue weighted by Gasteiger charge is 2.40. The third-order valence-corrected chi connectivity index (χ3v) is 5.77. The average Bonchev–Trinajstić information content (AvgIpc) is 3.24. The van der Waals surface area contributed by atoms with E-state index in [9.17, 15) is 14.4 Å². The van der Waals surface area contributed by atoms with Gasteiger partial charge < -0.3 is 10.6 Å². The third-order valence-electron chi connectivity index (χ3n) is 4.74. The zero-order valence-corrected chi connectivity index (χ0v) is 16.7. The molecule has 1 atom stereocenters. The first-order chi connectivity index (χ1) is 14.0. The summed E-state index contributed by atoms with van der Waals surface area (Å²) in [4.78, 5) is 43.1. The van der Waals surface area contributed by atoms with Crippen molar-refractivity contribution < 1.29 is 14.4 Å². The number of thiazole rings is 1. The highest BCUT2D eigenvalue weighted by Crippen LogP contribution is 2.29. The Labute approximate surface area is 171 Å². The minimum Gasteiger partial charge on any atom is -0.356 e. The molecule has 0 unspecified atom stereocenters. The molecule has 7 nitrogen and oxygen atoms in total. The second-order valence-corrected chi connectivity index (χ2v) is 7.80. The van der Waals surface area contributed by atoms with Crippen LogP contribution in [0.3, 0.4) is 0 Å². The first-order valence-corrected chi connectivity index (χ1v) is 10.2. The largest absolute Gasteiger partial charge is 0.356 e. The van der Waals surface area contributed by atoms with Gasteiger partial charge in [-0.3, -0.25) is 9.59 Å². The van der Waals surface area contributed by atoms with E-state index in [-0.39, 0.29) is 12.3 Å². The summed E-state index contributed by atoms with van der Waals surface area (Å²) in [6.07, 6.45) is 0.542. The van der Waals surface area contributed by atoms with Crippen LogP contribution in [-0.4, -0.2) is 35.4 Å². The number of anilines is 1. The van der Waals surface area contributed by atoms with Crippen LogP contribution in [-0.2, 0) is 16.0 Å². The van der Waals surface area contributed by atoms with Gasteiger partial charge >= 0.3 is 6.03 Å². The maximum atomic E-state index is 12.8. The fraction of sp³-hybridized carbons (Fsp3) is 0.238. The minimum atomic E-state index is -0.872. The Balaban J connectivity index is 1.40. The Bertz CT molecular complexity index is 1090. The Morgan fingerprint density at radius 1 is 1.21 bits per heavy atom. The molecule has 1 aliphatic rings. The number of rotatable bonds is 6. The summed E-state index contributed by atoms with van der Waals surface area (Å²) in [6.45, 7) is 2.36. The van der Waals surface area contributed by atoms with E-state index in [4.69, 9.17) is 0 Å². The van der Waals surface area contributed by atoms with Crippen molar-refractivity contribution >= 4 is 45.6 Å². The van der Waals surface area contributed by atoms with Crippen molar-refractivity contribution in [3.05, 3.63) is 58.5 Å². The zero-order chi connectivity index (χ0) is 20.4. The van der Waals surface area contributed by atoms with Crippen LogP contribution in [0.1, 0.15) is 17.1 Å². The molecule has 0 aliphatic carbocycles. The topological polar surface area (TPSA) is 91.4 Å². The molecule has 8 heteroatoms. The van der Waals surface area contributed by atoms with Gasteiger partial charge in [-0.25, -0.2) is 14.7 Å². The molecular weight excluding hydrogens is 388 g/mol. The predicted octanol–water partition coefficient (Wildman–Crippen LogP) is 2.78. The number of urea groups is 1. The van der Waals surface area contributed by atoms with Crippen molar-refractivity contribution in [1.29, 1.82) is 0 Å². The van der Waals surface area contributed by atoms with Gasteiger partial charge in [-0.1, -0.05) is 36.4 Å². The number of nitrogens with one attached hydrogen (secondary N) is 2. The summed E-state index contributed by atoms with van der Waals surface area (Å²) in [5, 5.41) is 10.1. The van der Waals surface area contributed by atoms with Gasteiger partial charge in [-0.15, -0.1) is 11.3 Å². The maximum Gasteiger partial charge on any atom is 0.329 e. The molecule has 29 heavy (non-hydrogen) atoms. The van der Waals surface area contributed by atoms with Crippen LogP contribution in [0.25, 0.3) is 10.8 Å². The smallest absolute Gasteiger partial charge is 0.329 e. The lowest BCUT2D eigenvalue weighted by atomic mass is 10.1. The number of aryl methyl sites for hydroxylation is 1. The molecule has 1 fully saturated rings. The fourth-order valence-corrected chi connectivity index (χ4v) is 4.16. The number of amides is 4. The van der Waals surface area contributed by atoms with Crippen molar-refractivity contribution in [2.45, 2.75) is 25.8 Å². The molecule has 0 radical (unpaired) electrons. The predicted molar refractivity (Wildman–Crippen MR) is 112 cm³/mol. The Morgan fingerprint density at radius 2 is 2.00 bits per heavy atom. The lowest BCUT2D eigenvalue weighted by molar-refractivity contribution is -0.125. The van der Waals surface area contributed by atoms with Crippen LogP contribution in [0.5, 0.6) is 0 Å². The van der Waals surface area contributed by atoms with E-state index in [2.05, 4.69) is 15.6 Å². The average molecular weight is 408 g/mol. The highest BCUT2D eigenvalue weighted by molar-refractivity contribution is 7.09. The minimum absolute atomic E-state index is 0.0945. The van der Waals surface area contributed by atoms with Gasteiger partial charge in [0, 0.05) is 29.4 Å². The van der Waals surface area contributed by atoms with Crippen molar-refractivity contribution in [2.24, 2.45) is 0 Å². The number of nitrogens with zero attached hydrogens (tertiary/aromatic N) is 2. The van der Waals surface area contributed by atoms with E-state index in [1.165, 1.54) is 0 Å². The van der Waals surface area contributed by atoms with Gasteiger partial charge in [0.2, 0.25) is 5.91 Å². The van der Waals surface area contributed by atoms with Crippen LogP contribution >= 0.6 is 11.3 Å². The van der Waals surface area contributed by atoms with Gasteiger partial charge in [0.25, 0.3) is 5.91 Å². The van der Waals surface area contributed by atoms with Crippen LogP contribution in [0.2, 0.25) is 0 Å². The van der Waals surface area contributed by atoms with Crippen molar-refractivity contribution in [2.75, 3.05) is 11.4 Å². The summed E-state index contributed by atoms with van der Waals surface area (Å²) in [7, 11) is 0. The first kappa shape index (κ1) is 19.1. The molecule has 3 aromatic rings. The molecule has 1 saturated heterocycles. The van der Waals surface area contributed by atoms with Gasteiger partial charge in [0.15, 0.2) is 0 Å². The summed E-state index contributed by atoms with van der Waals surface area (Å²) in [5.41, 5.74) is 1.48. The molecule has 0 saturated carbocycles. The van der Waals surface area contributed by atoms with E-state index >= 15 is 0 Å². The Morgan fingerprint density at radius 3 is 2.79 bits per heavy atom. The van der Waals surface area contributed by atoms with E-state index in [1.807, 2.05) is 42.6 Å². The van der Waals surface area contributed by atoms with Gasteiger partial charge in [0.05, 0.1) is 17.1 Å². The van der Waals surface area contributed by atoms with Crippen molar-refractivity contribution in [3.8, 4) is 0 Å². The number of carbonyl (C=O) groups is 3. The number of hydrogen-bond donors (Lipinski definition) is 2. The Hall–Kier alpha value is -3.26. The fourth-order valence-electron chi connectivity index (χ4n) is 3.38. The van der Waals surface area contributed by atoms with Gasteiger partial charge in [-0.05, 0) is 18.4 Å². The normalized spacial score (nSPS) is 16.3. The zero-order valence-electron chi connectivity index (χ0n) is 15.8. The standard InChI is InChI=1S/C21H20N4O3S/c1-13-12-29-19(23-13)9-10-22-18(26)11-16-20(27)25(21(28)24-16)17-8-4-6-14-5-2-3-7-15(14)17/h2-8,12,16H,9-11H2,1H3,(H,22,26)(H,24,28)/t16-/m0/s1. The summed E-state index contributed by atoms with van der Waals surface area (Å²) >= 11 is 1.55. The second-order valence-electron chi connectivity index (χ2n) is 6.86. The maximum absolute atomic E-state index is 12.8. The SMILES string of the molecule is Cc1csc(CCNC(=O)C[C@@H]2NC(=O)N(c3cccc4ccccc34)C2=O)n1. The molecule has 2 heterocycles. The van der Waals surface area contributed by atoms with Gasteiger partial charge in [0.1, 0.15) is 6.04 Å². The van der Waals surface area contributed by atoms with E-state index in [0.29, 0.717) is 18.7 Å². The molecule has 1 aromatic heterocycles. The lowest BCUT2D eigenvalue weighted by Gasteiger charge is -2.15. The molecule has 0 bridgehead atoms. The highest BCUT2D eigenvalue weighted by atomic mass is 32.1. The number of hydrogen-bond acceptors (Lipinski definition) is 5. The molecule has 1 aliphatic heterocycles. The number of benzene rings is 2. The molecule has 2 aromatic carbocycles. The number of fused-ring (bicyclic) bond motifs is 1. The molecule has 2 N–H and O–H groups in total. The quantitative estimate of drug-likeness (QED) is 0.614. The van der Waals surface area contributed by atoms with E-state index in [0.717, 1.165) is 26.4 Å². The third kappa shape index (κ3) is 3.97. The van der Waals surface area contributed by atoms with Gasteiger partial charge in [-0.2, -0.15) is 0 Å². The number of imide groups is 1. The summed E-state index contributed by atoms with van der Waals surface area (Å²) < 4.78 is 0. The number of aromatic nitrogens is 1. The van der Waals surface area contributed by atoms with Crippen molar-refractivity contribution in [3.63, 3.8) is 0 Å². The summed E-state index contributed by atoms with van der Waals surface area (Å²) in [6, 6.07) is 11.6. The van der Waals surface area contributed by atoms with Crippen LogP contribution < -0.4 is 15.5 Å². The van der Waals surface area contributed by atoms with Crippen LogP contribution in [0.4, 0.5) is 10.5 Å². The molecule has 0 spiro atoms. The Kier molecular flexibility index (Phi) is 5.26. The van der Waals surface area contributed by atoms with E-state index in [1.54, 1.807) is 23.5 Å². The van der Waals surface area contributed by atoms with Crippen LogP contribution in [0.15, 0.2) is 47.8 Å². The van der Waals surface area contributed by atoms with Crippen LogP contribution in [0, 0.1) is 6.92 Å². The monoisotopic (exact) mass is 408 g/mol. The van der Waals surface area contributed by atoms with E-state index < -0.39 is 18.0 Å². The molecule has 4 amide bonds. The summed E-state index contributed by atoms with van der Waals surface area (Å²) in [5.74, 6) is -0.700.